The summed E-state index contributed by atoms with van der Waals surface area (Å²) in [6, 6.07) is 2.09. The Morgan fingerprint density at radius 3 is 3.15 bits per heavy atom. The van der Waals surface area contributed by atoms with Crippen LogP contribution in [0.1, 0.15) is 13.3 Å². The van der Waals surface area contributed by atoms with Crippen LogP contribution >= 0.6 is 6.64 Å². The first-order chi connectivity index (χ1) is 6.23. The molecule has 1 atom stereocenters. The Bertz CT molecular complexity index is 253. The quantitative estimate of drug-likeness (QED) is 0.672. The molecule has 0 aliphatic carbocycles. The van der Waals surface area contributed by atoms with Gasteiger partial charge in [0.25, 0.3) is 6.64 Å². The lowest BCUT2D eigenvalue weighted by Crippen LogP contribution is -2.18. The number of nitriles is 1. The molecule has 1 unspecified atom stereocenters. The zero-order chi connectivity index (χ0) is 9.73. The van der Waals surface area contributed by atoms with Crippen molar-refractivity contribution in [1.29, 1.82) is 5.26 Å². The summed E-state index contributed by atoms with van der Waals surface area (Å²) in [4.78, 5) is 0. The van der Waals surface area contributed by atoms with E-state index >= 15 is 0 Å². The number of hydrogen-bond acceptors (Lipinski definition) is 4. The largest absolute Gasteiger partial charge is 0.318 e. The fourth-order valence-electron chi connectivity index (χ4n) is 1.16. The molecule has 1 saturated heterocycles. The standard InChI is InChI=1S/C7H13N2O2PS/c1-2-10-12(13)9(5-3-4-8)6-7-11-12/h2-3,5-7H2,1H3. The fourth-order valence-corrected chi connectivity index (χ4v) is 3.90. The van der Waals surface area contributed by atoms with Gasteiger partial charge in [-0.2, -0.15) is 5.26 Å². The van der Waals surface area contributed by atoms with Crippen molar-refractivity contribution < 1.29 is 9.05 Å². The average Bonchev–Trinajstić information content (AvgIpc) is 2.44. The van der Waals surface area contributed by atoms with Crippen LogP contribution in [0.15, 0.2) is 0 Å². The van der Waals surface area contributed by atoms with Crippen LogP contribution in [-0.2, 0) is 20.9 Å². The van der Waals surface area contributed by atoms with Crippen molar-refractivity contribution in [3.05, 3.63) is 0 Å². The second-order valence-corrected chi connectivity index (χ2v) is 5.98. The third kappa shape index (κ3) is 2.73. The summed E-state index contributed by atoms with van der Waals surface area (Å²) in [7, 11) is 0. The Morgan fingerprint density at radius 1 is 1.77 bits per heavy atom. The Balaban J connectivity index is 2.53. The van der Waals surface area contributed by atoms with Gasteiger partial charge in [0, 0.05) is 19.5 Å². The lowest BCUT2D eigenvalue weighted by molar-refractivity contribution is 0.276. The SMILES string of the molecule is CCOP1(=S)OCCN1CCC#N. The van der Waals surface area contributed by atoms with Gasteiger partial charge < -0.3 is 9.05 Å². The van der Waals surface area contributed by atoms with Gasteiger partial charge in [0.1, 0.15) is 0 Å². The summed E-state index contributed by atoms with van der Waals surface area (Å²) in [5.41, 5.74) is 0. The highest BCUT2D eigenvalue weighted by molar-refractivity contribution is 8.08. The average molecular weight is 220 g/mol. The van der Waals surface area contributed by atoms with E-state index in [-0.39, 0.29) is 0 Å². The lowest BCUT2D eigenvalue weighted by Gasteiger charge is -2.23. The highest BCUT2D eigenvalue weighted by atomic mass is 32.5. The van der Waals surface area contributed by atoms with Gasteiger partial charge >= 0.3 is 0 Å². The second-order valence-electron chi connectivity index (χ2n) is 2.58. The molecule has 74 valence electrons. The van der Waals surface area contributed by atoms with Gasteiger partial charge in [-0.25, -0.2) is 4.67 Å². The molecule has 1 aliphatic rings. The molecule has 1 heterocycles. The molecular weight excluding hydrogens is 207 g/mol. The van der Waals surface area contributed by atoms with Crippen LogP contribution in [0, 0.1) is 11.3 Å². The molecule has 0 amide bonds. The van der Waals surface area contributed by atoms with Gasteiger partial charge in [-0.3, -0.25) is 0 Å². The summed E-state index contributed by atoms with van der Waals surface area (Å²) in [6.45, 7) is 2.36. The van der Waals surface area contributed by atoms with Gasteiger partial charge in [0.15, 0.2) is 0 Å². The fraction of sp³-hybridized carbons (Fsp3) is 0.857. The summed E-state index contributed by atoms with van der Waals surface area (Å²) < 4.78 is 12.8. The van der Waals surface area contributed by atoms with Crippen LogP contribution < -0.4 is 0 Å². The smallest absolute Gasteiger partial charge is 0.264 e. The molecule has 0 bridgehead atoms. The van der Waals surface area contributed by atoms with E-state index in [0.717, 1.165) is 6.54 Å². The minimum absolute atomic E-state index is 0.481. The molecule has 0 radical (unpaired) electrons. The van der Waals surface area contributed by atoms with Gasteiger partial charge in [0.05, 0.1) is 19.3 Å². The van der Waals surface area contributed by atoms with E-state index in [9.17, 15) is 0 Å². The summed E-state index contributed by atoms with van der Waals surface area (Å²) >= 11 is 5.28. The lowest BCUT2D eigenvalue weighted by atomic mass is 10.4. The van der Waals surface area contributed by atoms with E-state index in [1.165, 1.54) is 0 Å². The summed E-state index contributed by atoms with van der Waals surface area (Å²) in [5, 5.41) is 8.45. The van der Waals surface area contributed by atoms with Gasteiger partial charge in [0.2, 0.25) is 0 Å². The Hall–Kier alpha value is 0.0200. The Kier molecular flexibility index (Phi) is 4.30. The van der Waals surface area contributed by atoms with Crippen LogP contribution in [0.3, 0.4) is 0 Å². The van der Waals surface area contributed by atoms with E-state index in [2.05, 4.69) is 6.07 Å². The number of nitrogens with zero attached hydrogens (tertiary/aromatic N) is 2. The molecule has 0 aromatic rings. The Morgan fingerprint density at radius 2 is 2.54 bits per heavy atom. The van der Waals surface area contributed by atoms with Crippen molar-refractivity contribution in [2.75, 3.05) is 26.3 Å². The molecule has 1 aliphatic heterocycles. The van der Waals surface area contributed by atoms with Crippen molar-refractivity contribution in [2.24, 2.45) is 0 Å². The zero-order valence-corrected chi connectivity index (χ0v) is 9.31. The monoisotopic (exact) mass is 220 g/mol. The van der Waals surface area contributed by atoms with E-state index in [1.54, 1.807) is 0 Å². The highest BCUT2D eigenvalue weighted by Gasteiger charge is 2.33. The van der Waals surface area contributed by atoms with E-state index in [0.29, 0.717) is 26.2 Å². The predicted octanol–water partition coefficient (Wildman–Crippen LogP) is 1.49. The number of hydrogen-bond donors (Lipinski definition) is 0. The van der Waals surface area contributed by atoms with Crippen molar-refractivity contribution in [3.8, 4) is 6.07 Å². The first-order valence-corrected chi connectivity index (χ1v) is 6.83. The van der Waals surface area contributed by atoms with E-state index in [1.807, 2.05) is 11.6 Å². The minimum Gasteiger partial charge on any atom is -0.318 e. The maximum absolute atomic E-state index is 8.45. The summed E-state index contributed by atoms with van der Waals surface area (Å²) in [6.07, 6.45) is 0.481. The van der Waals surface area contributed by atoms with Crippen LogP contribution in [-0.4, -0.2) is 31.0 Å². The first-order valence-electron chi connectivity index (χ1n) is 4.24. The first kappa shape index (κ1) is 11.1. The molecule has 0 aromatic carbocycles. The maximum atomic E-state index is 8.45. The molecule has 1 fully saturated rings. The zero-order valence-electron chi connectivity index (χ0n) is 7.60. The molecule has 0 aromatic heterocycles. The van der Waals surface area contributed by atoms with Crippen LogP contribution in [0.2, 0.25) is 0 Å². The van der Waals surface area contributed by atoms with Gasteiger partial charge in [-0.15, -0.1) is 0 Å². The van der Waals surface area contributed by atoms with Crippen LogP contribution in [0.25, 0.3) is 0 Å². The molecular formula is C7H13N2O2PS. The summed E-state index contributed by atoms with van der Waals surface area (Å²) in [5.74, 6) is 0. The van der Waals surface area contributed by atoms with Crippen LogP contribution in [0.5, 0.6) is 0 Å². The van der Waals surface area contributed by atoms with Crippen molar-refractivity contribution >= 4 is 18.4 Å². The van der Waals surface area contributed by atoms with Gasteiger partial charge in [-0.05, 0) is 18.7 Å². The number of rotatable bonds is 4. The topological polar surface area (TPSA) is 45.5 Å². The molecule has 0 N–H and O–H groups in total. The van der Waals surface area contributed by atoms with Gasteiger partial charge in [-0.1, -0.05) is 0 Å². The molecule has 6 heteroatoms. The molecule has 13 heavy (non-hydrogen) atoms. The molecule has 1 rings (SSSR count). The normalized spacial score (nSPS) is 28.9. The van der Waals surface area contributed by atoms with Crippen molar-refractivity contribution in [3.63, 3.8) is 0 Å². The predicted molar refractivity (Wildman–Crippen MR) is 53.7 cm³/mol. The molecule has 0 spiro atoms. The Labute approximate surface area is 83.7 Å². The minimum atomic E-state index is -2.19. The van der Waals surface area contributed by atoms with E-state index in [4.69, 9.17) is 26.1 Å². The maximum Gasteiger partial charge on any atom is 0.264 e. The highest BCUT2D eigenvalue weighted by Crippen LogP contribution is 2.55. The third-order valence-electron chi connectivity index (χ3n) is 1.72. The molecule has 0 saturated carbocycles. The van der Waals surface area contributed by atoms with Crippen molar-refractivity contribution in [1.82, 2.24) is 4.67 Å². The molecule has 4 nitrogen and oxygen atoms in total. The second kappa shape index (κ2) is 5.04. The van der Waals surface area contributed by atoms with Crippen molar-refractivity contribution in [2.45, 2.75) is 13.3 Å². The van der Waals surface area contributed by atoms with E-state index < -0.39 is 6.64 Å². The van der Waals surface area contributed by atoms with Crippen LogP contribution in [0.4, 0.5) is 0 Å². The third-order valence-corrected chi connectivity index (χ3v) is 5.24.